The second kappa shape index (κ2) is 2.66. The summed E-state index contributed by atoms with van der Waals surface area (Å²) in [6.07, 6.45) is 2.03. The molecule has 0 aliphatic heterocycles. The number of aliphatic hydroxyl groups excluding tert-OH is 1. The third kappa shape index (κ3) is 0.944. The highest BCUT2D eigenvalue weighted by Gasteiger charge is 2.56. The van der Waals surface area contributed by atoms with Crippen molar-refractivity contribution in [1.82, 2.24) is 0 Å². The van der Waals surface area contributed by atoms with E-state index in [4.69, 9.17) is 5.11 Å². The summed E-state index contributed by atoms with van der Waals surface area (Å²) < 4.78 is 0. The topological polar surface area (TPSA) is 57.5 Å². The summed E-state index contributed by atoms with van der Waals surface area (Å²) in [5.41, 5.74) is -0.777. The average molecular weight is 182 g/mol. The van der Waals surface area contributed by atoms with Crippen LogP contribution in [-0.4, -0.2) is 28.2 Å². The number of carbonyl (C=O) groups is 1. The maximum absolute atomic E-state index is 11.3. The van der Waals surface area contributed by atoms with Crippen molar-refractivity contribution in [3.05, 3.63) is 12.2 Å². The van der Waals surface area contributed by atoms with Crippen molar-refractivity contribution >= 4 is 5.78 Å². The zero-order valence-electron chi connectivity index (χ0n) is 7.49. The molecule has 2 rings (SSSR count). The molecule has 3 nitrogen and oxygen atoms in total. The van der Waals surface area contributed by atoms with Crippen molar-refractivity contribution in [2.24, 2.45) is 11.8 Å². The van der Waals surface area contributed by atoms with Gasteiger partial charge in [0, 0.05) is 24.5 Å². The Hall–Kier alpha value is -0.670. The van der Waals surface area contributed by atoms with Gasteiger partial charge in [-0.05, 0) is 18.8 Å². The Bertz CT molecular complexity index is 271. The number of aliphatic hydroxyl groups is 2. The summed E-state index contributed by atoms with van der Waals surface area (Å²) in [5.74, 6) is -0.216. The molecular weight excluding hydrogens is 168 g/mol. The lowest BCUT2D eigenvalue weighted by atomic mass is 9.84. The second-order valence-corrected chi connectivity index (χ2v) is 4.08. The quantitative estimate of drug-likeness (QED) is 0.572. The summed E-state index contributed by atoms with van der Waals surface area (Å²) in [6, 6.07) is 0. The van der Waals surface area contributed by atoms with Gasteiger partial charge < -0.3 is 10.2 Å². The molecule has 2 aliphatic rings. The number of ketones is 1. The molecule has 0 bridgehead atoms. The Morgan fingerprint density at radius 3 is 2.85 bits per heavy atom. The van der Waals surface area contributed by atoms with Gasteiger partial charge in [0.1, 0.15) is 5.60 Å². The van der Waals surface area contributed by atoms with Gasteiger partial charge in [0.25, 0.3) is 0 Å². The van der Waals surface area contributed by atoms with E-state index in [1.165, 1.54) is 0 Å². The summed E-state index contributed by atoms with van der Waals surface area (Å²) >= 11 is 0. The first-order chi connectivity index (χ1) is 6.10. The van der Waals surface area contributed by atoms with E-state index in [1.807, 2.05) is 0 Å². The van der Waals surface area contributed by atoms with E-state index in [-0.39, 0.29) is 24.2 Å². The van der Waals surface area contributed by atoms with Gasteiger partial charge in [0.05, 0.1) is 0 Å². The van der Waals surface area contributed by atoms with Gasteiger partial charge in [-0.1, -0.05) is 6.58 Å². The van der Waals surface area contributed by atoms with Crippen molar-refractivity contribution in [2.75, 3.05) is 6.61 Å². The van der Waals surface area contributed by atoms with Gasteiger partial charge in [0.2, 0.25) is 0 Å². The van der Waals surface area contributed by atoms with E-state index in [2.05, 4.69) is 6.58 Å². The minimum absolute atomic E-state index is 0.00431. The number of hydrogen-bond acceptors (Lipinski definition) is 3. The lowest BCUT2D eigenvalue weighted by Gasteiger charge is -2.29. The van der Waals surface area contributed by atoms with Crippen LogP contribution in [0.1, 0.15) is 19.3 Å². The number of hydrogen-bond donors (Lipinski definition) is 2. The largest absolute Gasteiger partial charge is 0.396 e. The molecule has 0 unspecified atom stereocenters. The third-order valence-electron chi connectivity index (χ3n) is 3.58. The van der Waals surface area contributed by atoms with Crippen molar-refractivity contribution < 1.29 is 15.0 Å². The van der Waals surface area contributed by atoms with Gasteiger partial charge in [-0.3, -0.25) is 4.79 Å². The van der Waals surface area contributed by atoms with E-state index >= 15 is 0 Å². The summed E-state index contributed by atoms with van der Waals surface area (Å²) in [5, 5.41) is 19.3. The molecule has 3 atom stereocenters. The van der Waals surface area contributed by atoms with Crippen LogP contribution in [0, 0.1) is 11.8 Å². The zero-order chi connectivity index (χ0) is 9.64. The molecule has 0 amide bonds. The highest BCUT2D eigenvalue weighted by Crippen LogP contribution is 2.51. The fraction of sp³-hybridized carbons (Fsp3) is 0.700. The Kier molecular flexibility index (Phi) is 1.82. The molecule has 3 heteroatoms. The predicted octanol–water partition coefficient (Wildman–Crippen LogP) is 0.265. The molecule has 2 N–H and O–H groups in total. The van der Waals surface area contributed by atoms with Gasteiger partial charge >= 0.3 is 0 Å². The van der Waals surface area contributed by atoms with Gasteiger partial charge in [-0.2, -0.15) is 0 Å². The summed E-state index contributed by atoms with van der Waals surface area (Å²) in [6.45, 7) is 3.58. The predicted molar refractivity (Wildman–Crippen MR) is 47.0 cm³/mol. The molecule has 0 aromatic heterocycles. The molecule has 72 valence electrons. The van der Waals surface area contributed by atoms with Crippen molar-refractivity contribution in [3.8, 4) is 0 Å². The van der Waals surface area contributed by atoms with Crippen LogP contribution in [0.2, 0.25) is 0 Å². The smallest absolute Gasteiger partial charge is 0.161 e. The molecule has 0 heterocycles. The highest BCUT2D eigenvalue weighted by molar-refractivity contribution is 6.00. The molecule has 2 aliphatic carbocycles. The standard InChI is InChI=1S/C10H14O3/c1-6-9(12)4-7-2-3-8(5-11)10(6,7)13/h7-8,11,13H,1-5H2/t7-,8+,10-/m0/s1. The maximum Gasteiger partial charge on any atom is 0.161 e. The molecule has 0 aromatic carbocycles. The van der Waals surface area contributed by atoms with Crippen LogP contribution in [0.3, 0.4) is 0 Å². The first kappa shape index (κ1) is 8.91. The molecule has 2 fully saturated rings. The maximum atomic E-state index is 11.3. The molecular formula is C10H14O3. The molecule has 13 heavy (non-hydrogen) atoms. The average Bonchev–Trinajstić information content (AvgIpc) is 2.52. The second-order valence-electron chi connectivity index (χ2n) is 4.08. The first-order valence-electron chi connectivity index (χ1n) is 4.66. The van der Waals surface area contributed by atoms with Crippen LogP contribution in [-0.2, 0) is 4.79 Å². The van der Waals surface area contributed by atoms with Gasteiger partial charge in [-0.25, -0.2) is 0 Å². The Balaban J connectivity index is 2.36. The third-order valence-corrected chi connectivity index (χ3v) is 3.58. The van der Waals surface area contributed by atoms with Crippen LogP contribution in [0.5, 0.6) is 0 Å². The van der Waals surface area contributed by atoms with Crippen LogP contribution < -0.4 is 0 Å². The normalized spacial score (nSPS) is 44.2. The van der Waals surface area contributed by atoms with E-state index in [1.54, 1.807) is 0 Å². The van der Waals surface area contributed by atoms with Crippen LogP contribution in [0.15, 0.2) is 12.2 Å². The molecule has 0 saturated heterocycles. The highest BCUT2D eigenvalue weighted by atomic mass is 16.3. The van der Waals surface area contributed by atoms with E-state index < -0.39 is 5.60 Å². The summed E-state index contributed by atoms with van der Waals surface area (Å²) in [7, 11) is 0. The van der Waals surface area contributed by atoms with Gasteiger partial charge in [0.15, 0.2) is 5.78 Å². The van der Waals surface area contributed by atoms with Crippen molar-refractivity contribution in [2.45, 2.75) is 24.9 Å². The first-order valence-corrected chi connectivity index (χ1v) is 4.66. The van der Waals surface area contributed by atoms with Crippen LogP contribution >= 0.6 is 0 Å². The molecule has 0 aromatic rings. The van der Waals surface area contributed by atoms with Gasteiger partial charge in [-0.15, -0.1) is 0 Å². The number of carbonyl (C=O) groups excluding carboxylic acids is 1. The molecule has 0 spiro atoms. The monoisotopic (exact) mass is 182 g/mol. The number of fused-ring (bicyclic) bond motifs is 1. The van der Waals surface area contributed by atoms with Crippen molar-refractivity contribution in [3.63, 3.8) is 0 Å². The summed E-state index contributed by atoms with van der Waals surface area (Å²) in [4.78, 5) is 11.3. The minimum atomic E-state index is -1.09. The van der Waals surface area contributed by atoms with Crippen LogP contribution in [0.4, 0.5) is 0 Å². The number of rotatable bonds is 1. The Labute approximate surface area is 77.1 Å². The lowest BCUT2D eigenvalue weighted by molar-refractivity contribution is -0.115. The fourth-order valence-electron chi connectivity index (χ4n) is 2.73. The lowest BCUT2D eigenvalue weighted by Crippen LogP contribution is -2.39. The molecule has 0 radical (unpaired) electrons. The van der Waals surface area contributed by atoms with Crippen molar-refractivity contribution in [1.29, 1.82) is 0 Å². The Morgan fingerprint density at radius 1 is 1.54 bits per heavy atom. The number of Topliss-reactive ketones (excluding diaryl/α,β-unsaturated/α-hetero) is 1. The zero-order valence-corrected chi connectivity index (χ0v) is 7.49. The Morgan fingerprint density at radius 2 is 2.23 bits per heavy atom. The minimum Gasteiger partial charge on any atom is -0.396 e. The van der Waals surface area contributed by atoms with E-state index in [0.717, 1.165) is 12.8 Å². The van der Waals surface area contributed by atoms with Crippen LogP contribution in [0.25, 0.3) is 0 Å². The molecule has 2 saturated carbocycles. The SMILES string of the molecule is C=C1C(=O)C[C@@H]2CC[C@H](CO)[C@]12O. The fourth-order valence-corrected chi connectivity index (χ4v) is 2.73. The van der Waals surface area contributed by atoms with E-state index in [9.17, 15) is 9.90 Å². The van der Waals surface area contributed by atoms with E-state index in [0.29, 0.717) is 12.0 Å².